The topological polar surface area (TPSA) is 73.5 Å². The van der Waals surface area contributed by atoms with Gasteiger partial charge >= 0.3 is 6.18 Å². The molecule has 0 aromatic carbocycles. The Balaban J connectivity index is 0.000000534. The Labute approximate surface area is 127 Å². The second-order valence-electron chi connectivity index (χ2n) is 4.34. The molecule has 0 bridgehead atoms. The predicted molar refractivity (Wildman–Crippen MR) is 69.6 cm³/mol. The molecule has 1 N–H and O–H groups in total. The maximum absolute atomic E-state index is 10.5. The van der Waals surface area contributed by atoms with Gasteiger partial charge < -0.3 is 19.7 Å². The first kappa shape index (κ1) is 20.3. The SMILES string of the molecule is COCCC[n+]1ccccc1CCCO.O=C([O-])C(F)(F)F. The Kier molecular flexibility index (Phi) is 10.1. The molecule has 0 aliphatic carbocycles. The summed E-state index contributed by atoms with van der Waals surface area (Å²) in [7, 11) is 1.72. The molecule has 1 aromatic rings. The lowest BCUT2D eigenvalue weighted by molar-refractivity contribution is -0.704. The van der Waals surface area contributed by atoms with Crippen molar-refractivity contribution < 1.29 is 37.5 Å². The number of aliphatic carboxylic acids is 1. The molecular weight excluding hydrogens is 303 g/mol. The van der Waals surface area contributed by atoms with Gasteiger partial charge in [-0.05, 0) is 6.42 Å². The van der Waals surface area contributed by atoms with Crippen molar-refractivity contribution in [1.29, 1.82) is 0 Å². The number of pyridine rings is 1. The quantitative estimate of drug-likeness (QED) is 0.576. The van der Waals surface area contributed by atoms with E-state index >= 15 is 0 Å². The van der Waals surface area contributed by atoms with Crippen molar-refractivity contribution >= 4 is 5.97 Å². The molecule has 0 amide bonds. The van der Waals surface area contributed by atoms with Crippen LogP contribution >= 0.6 is 0 Å². The maximum Gasteiger partial charge on any atom is 0.430 e. The van der Waals surface area contributed by atoms with Crippen molar-refractivity contribution in [2.75, 3.05) is 20.3 Å². The summed E-state index contributed by atoms with van der Waals surface area (Å²) in [5.74, 6) is -3.01. The second-order valence-corrected chi connectivity index (χ2v) is 4.34. The Bertz CT molecular complexity index is 438. The number of aromatic nitrogens is 1. The molecule has 0 aliphatic rings. The number of carboxylic acid groups (broad SMARTS) is 1. The number of carbonyl (C=O) groups is 1. The average Bonchev–Trinajstić information content (AvgIpc) is 2.46. The van der Waals surface area contributed by atoms with Crippen molar-refractivity contribution in [2.45, 2.75) is 32.0 Å². The average molecular weight is 323 g/mol. The number of alkyl halides is 3. The van der Waals surface area contributed by atoms with Crippen molar-refractivity contribution in [3.8, 4) is 0 Å². The number of aryl methyl sites for hydroxylation is 2. The van der Waals surface area contributed by atoms with Crippen LogP contribution in [0.3, 0.4) is 0 Å². The van der Waals surface area contributed by atoms with Crippen molar-refractivity contribution in [3.63, 3.8) is 0 Å². The molecular formula is C14H20F3NO4. The van der Waals surface area contributed by atoms with E-state index in [1.165, 1.54) is 5.69 Å². The van der Waals surface area contributed by atoms with Gasteiger partial charge in [0.2, 0.25) is 0 Å². The molecule has 0 aliphatic heterocycles. The zero-order valence-corrected chi connectivity index (χ0v) is 12.3. The van der Waals surface area contributed by atoms with Crippen LogP contribution in [0, 0.1) is 0 Å². The van der Waals surface area contributed by atoms with Gasteiger partial charge in [-0.3, -0.25) is 0 Å². The minimum absolute atomic E-state index is 0.257. The number of hydrogen-bond donors (Lipinski definition) is 1. The standard InChI is InChI=1S/C12H20NO2.C2HF3O2/c1-15-11-5-9-13-8-3-2-6-12(13)7-4-10-14;3-2(4,5)1(6)7/h2-3,6,8,14H,4-5,7,9-11H2,1H3;(H,6,7)/q+1;/p-1. The largest absolute Gasteiger partial charge is 0.542 e. The van der Waals surface area contributed by atoms with Crippen LogP contribution in [0.5, 0.6) is 0 Å². The molecule has 1 rings (SSSR count). The number of rotatable bonds is 7. The first-order valence-electron chi connectivity index (χ1n) is 6.68. The number of methoxy groups -OCH3 is 1. The maximum atomic E-state index is 10.5. The van der Waals surface area contributed by atoms with Crippen LogP contribution in [-0.2, 0) is 22.5 Å². The predicted octanol–water partition coefficient (Wildman–Crippen LogP) is 0.234. The number of hydrogen-bond acceptors (Lipinski definition) is 4. The van der Waals surface area contributed by atoms with Gasteiger partial charge in [0, 0.05) is 38.7 Å². The molecule has 1 aromatic heterocycles. The van der Waals surface area contributed by atoms with Crippen LogP contribution in [0.15, 0.2) is 24.4 Å². The molecule has 0 spiro atoms. The Hall–Kier alpha value is -1.67. The molecule has 0 atom stereocenters. The highest BCUT2D eigenvalue weighted by molar-refractivity contribution is 5.70. The third kappa shape index (κ3) is 9.30. The molecule has 22 heavy (non-hydrogen) atoms. The molecule has 0 saturated heterocycles. The summed E-state index contributed by atoms with van der Waals surface area (Å²) in [5.41, 5.74) is 1.28. The molecule has 0 unspecified atom stereocenters. The first-order valence-corrected chi connectivity index (χ1v) is 6.68. The summed E-state index contributed by atoms with van der Waals surface area (Å²) >= 11 is 0. The van der Waals surface area contributed by atoms with Crippen LogP contribution < -0.4 is 9.67 Å². The van der Waals surface area contributed by atoms with E-state index in [2.05, 4.69) is 16.8 Å². The monoisotopic (exact) mass is 323 g/mol. The van der Waals surface area contributed by atoms with E-state index in [0.717, 1.165) is 32.4 Å². The smallest absolute Gasteiger partial charge is 0.430 e. The number of aliphatic hydroxyl groups excluding tert-OH is 1. The fraction of sp³-hybridized carbons (Fsp3) is 0.571. The minimum atomic E-state index is -5.19. The van der Waals surface area contributed by atoms with E-state index in [1.54, 1.807) is 7.11 Å². The van der Waals surface area contributed by atoms with Crippen LogP contribution in [0.4, 0.5) is 13.2 Å². The van der Waals surface area contributed by atoms with Gasteiger partial charge in [-0.2, -0.15) is 13.2 Å². The van der Waals surface area contributed by atoms with Crippen LogP contribution in [0.2, 0.25) is 0 Å². The summed E-state index contributed by atoms with van der Waals surface area (Å²) in [6.07, 6.45) is -0.321. The number of ether oxygens (including phenoxy) is 1. The summed E-state index contributed by atoms with van der Waals surface area (Å²) in [6, 6.07) is 6.19. The number of aliphatic hydroxyl groups is 1. The van der Waals surface area contributed by atoms with E-state index in [9.17, 15) is 13.2 Å². The van der Waals surface area contributed by atoms with Crippen molar-refractivity contribution in [3.05, 3.63) is 30.1 Å². The Morgan fingerprint density at radius 2 is 2.00 bits per heavy atom. The highest BCUT2D eigenvalue weighted by atomic mass is 19.4. The van der Waals surface area contributed by atoms with Gasteiger partial charge in [0.15, 0.2) is 18.4 Å². The Morgan fingerprint density at radius 1 is 1.36 bits per heavy atom. The van der Waals surface area contributed by atoms with Gasteiger partial charge in [0.25, 0.3) is 0 Å². The minimum Gasteiger partial charge on any atom is -0.542 e. The number of halogens is 3. The number of carbonyl (C=O) groups excluding carboxylic acids is 1. The summed E-state index contributed by atoms with van der Waals surface area (Å²) in [5, 5.41) is 17.6. The van der Waals surface area contributed by atoms with Crippen LogP contribution in [0.1, 0.15) is 18.5 Å². The van der Waals surface area contributed by atoms with E-state index in [1.807, 2.05) is 12.1 Å². The molecule has 8 heteroatoms. The molecule has 0 radical (unpaired) electrons. The fourth-order valence-electron chi connectivity index (χ4n) is 1.60. The lowest BCUT2D eigenvalue weighted by atomic mass is 10.2. The lowest BCUT2D eigenvalue weighted by Crippen LogP contribution is -2.38. The molecule has 5 nitrogen and oxygen atoms in total. The van der Waals surface area contributed by atoms with Gasteiger partial charge in [0.1, 0.15) is 5.97 Å². The normalized spacial score (nSPS) is 10.8. The van der Waals surface area contributed by atoms with Gasteiger partial charge in [0.05, 0.1) is 6.61 Å². The first-order chi connectivity index (χ1) is 10.3. The van der Waals surface area contributed by atoms with Gasteiger partial charge in [-0.15, -0.1) is 0 Å². The highest BCUT2D eigenvalue weighted by Crippen LogP contribution is 2.11. The number of carboxylic acids is 1. The second kappa shape index (κ2) is 11.0. The van der Waals surface area contributed by atoms with E-state index < -0.39 is 12.1 Å². The number of nitrogens with zero attached hydrogens (tertiary/aromatic N) is 1. The van der Waals surface area contributed by atoms with Crippen LogP contribution in [0.25, 0.3) is 0 Å². The molecule has 0 saturated carbocycles. The fourth-order valence-corrected chi connectivity index (χ4v) is 1.60. The summed E-state index contributed by atoms with van der Waals surface area (Å²) in [6.45, 7) is 2.03. The van der Waals surface area contributed by atoms with Crippen LogP contribution in [-0.4, -0.2) is 37.6 Å². The third-order valence-corrected chi connectivity index (χ3v) is 2.60. The summed E-state index contributed by atoms with van der Waals surface area (Å²) < 4.78 is 38.8. The van der Waals surface area contributed by atoms with E-state index in [4.69, 9.17) is 19.7 Å². The summed E-state index contributed by atoms with van der Waals surface area (Å²) in [4.78, 5) is 8.78. The van der Waals surface area contributed by atoms with E-state index in [-0.39, 0.29) is 6.61 Å². The zero-order valence-electron chi connectivity index (χ0n) is 12.3. The van der Waals surface area contributed by atoms with Crippen molar-refractivity contribution in [2.24, 2.45) is 0 Å². The lowest BCUT2D eigenvalue weighted by Gasteiger charge is -2.03. The molecule has 0 fully saturated rings. The Morgan fingerprint density at radius 3 is 2.50 bits per heavy atom. The van der Waals surface area contributed by atoms with Gasteiger partial charge in [-0.25, -0.2) is 4.57 Å². The zero-order chi connectivity index (χ0) is 17.0. The molecule has 1 heterocycles. The van der Waals surface area contributed by atoms with E-state index in [0.29, 0.717) is 0 Å². The van der Waals surface area contributed by atoms with Gasteiger partial charge in [-0.1, -0.05) is 6.07 Å². The third-order valence-electron chi connectivity index (χ3n) is 2.60. The van der Waals surface area contributed by atoms with Crippen molar-refractivity contribution in [1.82, 2.24) is 0 Å². The highest BCUT2D eigenvalue weighted by Gasteiger charge is 2.28. The molecule has 126 valence electrons.